The Labute approximate surface area is 259 Å². The van der Waals surface area contributed by atoms with Crippen molar-refractivity contribution in [2.24, 2.45) is 10.9 Å². The molecule has 3 heterocycles. The first kappa shape index (κ1) is 30.4. The number of pyridine rings is 1. The summed E-state index contributed by atoms with van der Waals surface area (Å²) in [5.74, 6) is 0.773. The number of nitrogens with zero attached hydrogens (tertiary/aromatic N) is 5. The van der Waals surface area contributed by atoms with E-state index in [0.717, 1.165) is 60.2 Å². The topological polar surface area (TPSA) is 76.8 Å². The van der Waals surface area contributed by atoms with Crippen molar-refractivity contribution in [3.05, 3.63) is 84.4 Å². The zero-order valence-electron chi connectivity index (χ0n) is 25.4. The first-order valence-electron chi connectivity index (χ1n) is 15.0. The van der Waals surface area contributed by atoms with Crippen molar-refractivity contribution in [3.8, 4) is 28.7 Å². The van der Waals surface area contributed by atoms with Gasteiger partial charge in [-0.2, -0.15) is 0 Å². The van der Waals surface area contributed by atoms with Gasteiger partial charge in [0.05, 0.1) is 46.6 Å². The molecule has 3 aromatic rings. The normalized spacial score (nSPS) is 15.2. The van der Waals surface area contributed by atoms with Crippen LogP contribution in [0.3, 0.4) is 0 Å². The molecule has 1 aliphatic carbocycles. The third-order valence-corrected chi connectivity index (χ3v) is 7.76. The Kier molecular flexibility index (Phi) is 8.62. The van der Waals surface area contributed by atoms with Crippen LogP contribution in [-0.2, 0) is 0 Å². The Morgan fingerprint density at radius 3 is 2.44 bits per heavy atom. The number of fused-ring (bicyclic) bond motifs is 2. The van der Waals surface area contributed by atoms with Gasteiger partial charge < -0.3 is 24.3 Å². The van der Waals surface area contributed by atoms with E-state index in [1.165, 1.54) is 12.1 Å². The molecule has 0 radical (unpaired) electrons. The Morgan fingerprint density at radius 1 is 0.978 bits per heavy atom. The van der Waals surface area contributed by atoms with Gasteiger partial charge in [-0.3, -0.25) is 4.99 Å². The van der Waals surface area contributed by atoms with Gasteiger partial charge in [-0.25, -0.2) is 9.97 Å². The number of methoxy groups -OCH3 is 1. The minimum atomic E-state index is -4.77. The summed E-state index contributed by atoms with van der Waals surface area (Å²) in [4.78, 5) is 17.1. The van der Waals surface area contributed by atoms with Crippen molar-refractivity contribution < 1.29 is 22.6 Å². The second-order valence-corrected chi connectivity index (χ2v) is 11.6. The van der Waals surface area contributed by atoms with E-state index < -0.39 is 6.36 Å². The number of hydrogen-bond donors (Lipinski definition) is 1. The molecule has 11 heteroatoms. The smallest absolute Gasteiger partial charge is 0.480 e. The first-order valence-corrected chi connectivity index (χ1v) is 15.0. The van der Waals surface area contributed by atoms with Crippen molar-refractivity contribution in [1.82, 2.24) is 19.4 Å². The van der Waals surface area contributed by atoms with Crippen LogP contribution in [0, 0.1) is 5.92 Å². The Bertz CT molecular complexity index is 1810. The molecule has 1 aromatic heterocycles. The predicted octanol–water partition coefficient (Wildman–Crippen LogP) is 7.20. The van der Waals surface area contributed by atoms with E-state index >= 15 is 0 Å². The Morgan fingerprint density at radius 2 is 1.73 bits per heavy atom. The summed E-state index contributed by atoms with van der Waals surface area (Å²) in [5, 5.41) is 4.23. The highest BCUT2D eigenvalue weighted by Gasteiger charge is 2.31. The van der Waals surface area contributed by atoms with Crippen LogP contribution in [0.5, 0.6) is 11.6 Å². The van der Waals surface area contributed by atoms with Gasteiger partial charge >= 0.3 is 6.36 Å². The summed E-state index contributed by atoms with van der Waals surface area (Å²) in [6.45, 7) is 7.51. The maximum Gasteiger partial charge on any atom is 0.573 e. The number of halogens is 3. The lowest BCUT2D eigenvalue weighted by molar-refractivity contribution is -0.274. The molecule has 1 saturated heterocycles. The lowest BCUT2D eigenvalue weighted by Crippen LogP contribution is -2.38. The molecule has 0 bridgehead atoms. The van der Waals surface area contributed by atoms with Crippen LogP contribution in [0.25, 0.3) is 28.1 Å². The highest BCUT2D eigenvalue weighted by molar-refractivity contribution is 5.84. The van der Waals surface area contributed by atoms with Crippen LogP contribution >= 0.6 is 0 Å². The number of para-hydroxylation sites is 2. The summed E-state index contributed by atoms with van der Waals surface area (Å²) in [6.07, 6.45) is -1.22. The Hall–Kier alpha value is -4.64. The zero-order valence-corrected chi connectivity index (χ0v) is 25.4. The fourth-order valence-electron chi connectivity index (χ4n) is 5.86. The van der Waals surface area contributed by atoms with E-state index in [-0.39, 0.29) is 11.8 Å². The largest absolute Gasteiger partial charge is 0.573 e. The van der Waals surface area contributed by atoms with Crippen molar-refractivity contribution >= 4 is 22.4 Å². The quantitative estimate of drug-likeness (QED) is 0.186. The van der Waals surface area contributed by atoms with Crippen molar-refractivity contribution in [3.63, 3.8) is 0 Å². The standard InChI is InChI=1S/C34H35F3N6O2/c1-22(2)21-42-17-14-23(15-18-42)39-29-20-32-30(19-28(29)41-27-8-6-16-38-33(27)44-3)40-26-7-4-5-9-31(26)43(32)24-10-12-25(13-11-24)45-34(35,36)37/h4-13,16,19-20,22-23,41H,14-15,17-18,21H2,1-3H3. The number of piperidine rings is 1. The molecule has 0 amide bonds. The molecule has 3 aliphatic rings. The summed E-state index contributed by atoms with van der Waals surface area (Å²) in [7, 11) is 1.58. The summed E-state index contributed by atoms with van der Waals surface area (Å²) in [5.41, 5.74) is 5.08. The molecule has 45 heavy (non-hydrogen) atoms. The van der Waals surface area contributed by atoms with Gasteiger partial charge in [0, 0.05) is 31.5 Å². The van der Waals surface area contributed by atoms with Gasteiger partial charge in [0.1, 0.15) is 11.4 Å². The van der Waals surface area contributed by atoms with E-state index in [1.807, 2.05) is 53.1 Å². The molecule has 8 nitrogen and oxygen atoms in total. The number of nitrogens with one attached hydrogen (secondary N) is 1. The van der Waals surface area contributed by atoms with E-state index in [2.05, 4.69) is 33.8 Å². The third kappa shape index (κ3) is 7.04. The van der Waals surface area contributed by atoms with Gasteiger partial charge in [0.2, 0.25) is 5.88 Å². The van der Waals surface area contributed by atoms with Gasteiger partial charge in [-0.05, 0) is 79.4 Å². The molecule has 0 saturated carbocycles. The molecule has 0 atom stereocenters. The number of likely N-dealkylation sites (tertiary alicyclic amines) is 1. The molecule has 6 rings (SSSR count). The number of benzene rings is 3. The lowest BCUT2D eigenvalue weighted by Gasteiger charge is -2.31. The fourth-order valence-corrected chi connectivity index (χ4v) is 5.86. The average Bonchev–Trinajstić information content (AvgIpc) is 3.01. The highest BCUT2D eigenvalue weighted by atomic mass is 19.4. The molecular formula is C34H35F3N6O2. The molecule has 1 fully saturated rings. The van der Waals surface area contributed by atoms with Crippen molar-refractivity contribution in [2.45, 2.75) is 39.1 Å². The zero-order chi connectivity index (χ0) is 31.6. The minimum absolute atomic E-state index is 0.128. The SMILES string of the molecule is COc1ncccc1Nc1cc2nc3ccccc3n(-c3ccc(OC(F)(F)F)cc3)c-2cc1=NC1CCN(CC(C)C)CC1. The van der Waals surface area contributed by atoms with Gasteiger partial charge in [0.25, 0.3) is 0 Å². The maximum absolute atomic E-state index is 12.9. The van der Waals surface area contributed by atoms with Crippen LogP contribution in [0.1, 0.15) is 26.7 Å². The second-order valence-electron chi connectivity index (χ2n) is 11.6. The maximum atomic E-state index is 12.9. The van der Waals surface area contributed by atoms with E-state index in [4.69, 9.17) is 14.7 Å². The summed E-state index contributed by atoms with van der Waals surface area (Å²) in [6, 6.07) is 21.3. The monoisotopic (exact) mass is 616 g/mol. The van der Waals surface area contributed by atoms with E-state index in [1.54, 1.807) is 25.4 Å². The molecule has 2 aromatic carbocycles. The molecule has 2 aliphatic heterocycles. The summed E-state index contributed by atoms with van der Waals surface area (Å²) >= 11 is 0. The average molecular weight is 617 g/mol. The van der Waals surface area contributed by atoms with Gasteiger partial charge in [0.15, 0.2) is 0 Å². The highest BCUT2D eigenvalue weighted by Crippen LogP contribution is 2.33. The number of anilines is 2. The molecule has 234 valence electrons. The van der Waals surface area contributed by atoms with Crippen LogP contribution in [0.2, 0.25) is 0 Å². The van der Waals surface area contributed by atoms with E-state index in [0.29, 0.717) is 28.9 Å². The van der Waals surface area contributed by atoms with Crippen molar-refractivity contribution in [2.75, 3.05) is 32.1 Å². The van der Waals surface area contributed by atoms with Crippen LogP contribution in [0.4, 0.5) is 24.5 Å². The molecule has 1 N–H and O–H groups in total. The van der Waals surface area contributed by atoms with Gasteiger partial charge in [-0.15, -0.1) is 13.2 Å². The number of alkyl halides is 3. The minimum Gasteiger partial charge on any atom is -0.480 e. The third-order valence-electron chi connectivity index (χ3n) is 7.76. The van der Waals surface area contributed by atoms with Crippen LogP contribution in [-0.4, -0.2) is 58.6 Å². The second kappa shape index (κ2) is 12.8. The predicted molar refractivity (Wildman–Crippen MR) is 168 cm³/mol. The number of hydrogen-bond acceptors (Lipinski definition) is 7. The van der Waals surface area contributed by atoms with Gasteiger partial charge in [-0.1, -0.05) is 26.0 Å². The molecule has 0 unspecified atom stereocenters. The number of aromatic nitrogens is 3. The van der Waals surface area contributed by atoms with Crippen LogP contribution < -0.4 is 20.1 Å². The van der Waals surface area contributed by atoms with Crippen molar-refractivity contribution in [1.29, 1.82) is 0 Å². The lowest BCUT2D eigenvalue weighted by atomic mass is 10.0. The number of rotatable bonds is 8. The first-order chi connectivity index (χ1) is 21.7. The summed E-state index contributed by atoms with van der Waals surface area (Å²) < 4.78 is 50.2. The Balaban J connectivity index is 1.50. The number of ether oxygens (including phenoxy) is 2. The molecule has 0 spiro atoms. The van der Waals surface area contributed by atoms with E-state index in [9.17, 15) is 13.2 Å². The molecular weight excluding hydrogens is 581 g/mol. The van der Waals surface area contributed by atoms with Crippen LogP contribution in [0.15, 0.2) is 84.0 Å². The fraction of sp³-hybridized carbons (Fsp3) is 0.324.